The Balaban J connectivity index is 1.40. The van der Waals surface area contributed by atoms with Gasteiger partial charge in [0.1, 0.15) is 18.0 Å². The van der Waals surface area contributed by atoms with Crippen LogP contribution in [0.5, 0.6) is 0 Å². The van der Waals surface area contributed by atoms with Gasteiger partial charge in [-0.15, -0.1) is 0 Å². The van der Waals surface area contributed by atoms with E-state index in [0.29, 0.717) is 19.6 Å². The molecule has 9 heteroatoms. The van der Waals surface area contributed by atoms with Crippen LogP contribution in [-0.4, -0.2) is 54.9 Å². The first-order valence-electron chi connectivity index (χ1n) is 18.2. The molecule has 1 aromatic rings. The van der Waals surface area contributed by atoms with E-state index in [0.717, 1.165) is 36.8 Å². The fraction of sp³-hybridized carbons (Fsp3) is 0.725. The first kappa shape index (κ1) is 36.2. The fourth-order valence-electron chi connectivity index (χ4n) is 12.0. The minimum atomic E-state index is -1.09. The maximum atomic E-state index is 14.8. The average Bonchev–Trinajstić information content (AvgIpc) is 3.01. The molecule has 3 saturated carbocycles. The lowest BCUT2D eigenvalue weighted by Gasteiger charge is -2.70. The van der Waals surface area contributed by atoms with Crippen LogP contribution in [0.4, 0.5) is 4.39 Å². The van der Waals surface area contributed by atoms with E-state index in [1.165, 1.54) is 19.1 Å². The summed E-state index contributed by atoms with van der Waals surface area (Å²) in [6, 6.07) is 5.54. The quantitative estimate of drug-likeness (QED) is 0.284. The van der Waals surface area contributed by atoms with Crippen LogP contribution in [0.1, 0.15) is 99.1 Å². The van der Waals surface area contributed by atoms with E-state index < -0.39 is 63.2 Å². The molecule has 1 aromatic carbocycles. The molecule has 12 atom stereocenters. The molecule has 2 bridgehead atoms. The van der Waals surface area contributed by atoms with E-state index >= 15 is 0 Å². The smallest absolute Gasteiger partial charge is 0.308 e. The molecule has 0 spiro atoms. The SMILES string of the molecule is CC(=O)O[C@@H]1C[C@@]23COCC(C)([C@H]1OCC(N)c1ccc(F)cc1)[C@@H]2CC[C@H]1C3=CC(=O)[C@@]2(C)[C@H](C(=O)O)[C@@](C)([C@H](C)C(C)C)CC[C@]12C. The molecule has 2 unspecified atom stereocenters. The molecule has 6 rings (SSSR count). The topological polar surface area (TPSA) is 125 Å². The second-order valence-electron chi connectivity index (χ2n) is 17.5. The van der Waals surface area contributed by atoms with Crippen molar-refractivity contribution in [1.29, 1.82) is 0 Å². The van der Waals surface area contributed by atoms with Gasteiger partial charge >= 0.3 is 11.9 Å². The number of allylic oxidation sites excluding steroid dienone is 1. The van der Waals surface area contributed by atoms with Gasteiger partial charge < -0.3 is 25.1 Å². The molecule has 1 heterocycles. The van der Waals surface area contributed by atoms with Crippen LogP contribution in [0.3, 0.4) is 0 Å². The molecule has 3 N–H and O–H groups in total. The predicted molar refractivity (Wildman–Crippen MR) is 183 cm³/mol. The number of hydrogen-bond acceptors (Lipinski definition) is 7. The summed E-state index contributed by atoms with van der Waals surface area (Å²) >= 11 is 0. The molecule has 8 nitrogen and oxygen atoms in total. The normalized spacial score (nSPS) is 42.6. The van der Waals surface area contributed by atoms with Gasteiger partial charge in [-0.1, -0.05) is 66.2 Å². The largest absolute Gasteiger partial charge is 0.481 e. The van der Waals surface area contributed by atoms with Crippen molar-refractivity contribution in [2.75, 3.05) is 19.8 Å². The molecule has 1 aliphatic heterocycles. The van der Waals surface area contributed by atoms with Crippen LogP contribution in [0.15, 0.2) is 35.9 Å². The molecule has 5 aliphatic rings. The van der Waals surface area contributed by atoms with Gasteiger partial charge in [-0.3, -0.25) is 14.4 Å². The van der Waals surface area contributed by atoms with Gasteiger partial charge in [-0.05, 0) is 90.4 Å². The molecule has 0 radical (unpaired) electrons. The Morgan fingerprint density at radius 3 is 2.35 bits per heavy atom. The molecule has 0 aromatic heterocycles. The number of carbonyl (C=O) groups excluding carboxylic acids is 2. The number of carboxylic acids is 1. The molecule has 4 aliphatic carbocycles. The molecule has 0 amide bonds. The monoisotopic (exact) mass is 681 g/mol. The van der Waals surface area contributed by atoms with Crippen molar-refractivity contribution >= 4 is 17.7 Å². The molecule has 270 valence electrons. The number of aliphatic carboxylic acids is 1. The lowest BCUT2D eigenvalue weighted by atomic mass is 9.34. The van der Waals surface area contributed by atoms with E-state index in [9.17, 15) is 23.9 Å². The first-order chi connectivity index (χ1) is 22.9. The first-order valence-corrected chi connectivity index (χ1v) is 18.2. The Hall–Kier alpha value is -2.62. The number of carbonyl (C=O) groups is 3. The third-order valence-corrected chi connectivity index (χ3v) is 15.0. The third kappa shape index (κ3) is 5.18. The van der Waals surface area contributed by atoms with Crippen molar-refractivity contribution in [3.63, 3.8) is 0 Å². The number of nitrogens with two attached hydrogens (primary N) is 1. The lowest BCUT2D eigenvalue weighted by Crippen LogP contribution is -2.71. The van der Waals surface area contributed by atoms with Crippen molar-refractivity contribution in [3.8, 4) is 0 Å². The van der Waals surface area contributed by atoms with Crippen molar-refractivity contribution in [1.82, 2.24) is 0 Å². The molecular weight excluding hydrogens is 625 g/mol. The van der Waals surface area contributed by atoms with Gasteiger partial charge in [0.15, 0.2) is 5.78 Å². The summed E-state index contributed by atoms with van der Waals surface area (Å²) < 4.78 is 32.8. The minimum Gasteiger partial charge on any atom is -0.481 e. The van der Waals surface area contributed by atoms with Gasteiger partial charge in [-0.2, -0.15) is 0 Å². The maximum Gasteiger partial charge on any atom is 0.308 e. The summed E-state index contributed by atoms with van der Waals surface area (Å²) in [5, 5.41) is 10.9. The zero-order valence-electron chi connectivity index (χ0n) is 30.5. The molecule has 4 fully saturated rings. The highest BCUT2D eigenvalue weighted by molar-refractivity contribution is 6.00. The fourth-order valence-corrected chi connectivity index (χ4v) is 12.0. The Labute approximate surface area is 290 Å². The predicted octanol–water partition coefficient (Wildman–Crippen LogP) is 6.91. The zero-order valence-corrected chi connectivity index (χ0v) is 30.5. The van der Waals surface area contributed by atoms with Crippen molar-refractivity contribution in [2.24, 2.45) is 62.4 Å². The van der Waals surface area contributed by atoms with Crippen LogP contribution in [0, 0.1) is 62.5 Å². The van der Waals surface area contributed by atoms with E-state index in [2.05, 4.69) is 41.5 Å². The lowest BCUT2D eigenvalue weighted by molar-refractivity contribution is -0.266. The number of fused-ring (bicyclic) bond motifs is 3. The summed E-state index contributed by atoms with van der Waals surface area (Å²) in [5.74, 6) is -2.11. The summed E-state index contributed by atoms with van der Waals surface area (Å²) in [5.41, 5.74) is 4.97. The number of rotatable bonds is 8. The maximum absolute atomic E-state index is 14.8. The second kappa shape index (κ2) is 12.3. The Morgan fingerprint density at radius 2 is 1.73 bits per heavy atom. The average molecular weight is 682 g/mol. The Kier molecular flexibility index (Phi) is 9.05. The second-order valence-corrected chi connectivity index (χ2v) is 17.5. The molecular formula is C40H56FNO7. The van der Waals surface area contributed by atoms with E-state index in [1.807, 2.05) is 13.0 Å². The highest BCUT2D eigenvalue weighted by Gasteiger charge is 2.74. The molecule has 49 heavy (non-hydrogen) atoms. The van der Waals surface area contributed by atoms with E-state index in [4.69, 9.17) is 19.9 Å². The summed E-state index contributed by atoms with van der Waals surface area (Å²) in [7, 11) is 0. The van der Waals surface area contributed by atoms with Crippen LogP contribution < -0.4 is 5.73 Å². The number of carboxylic acid groups (broad SMARTS) is 1. The van der Waals surface area contributed by atoms with Crippen LogP contribution in [-0.2, 0) is 28.6 Å². The highest BCUT2D eigenvalue weighted by atomic mass is 19.1. The van der Waals surface area contributed by atoms with Crippen molar-refractivity contribution in [2.45, 2.75) is 106 Å². The van der Waals surface area contributed by atoms with Gasteiger partial charge in [0, 0.05) is 23.2 Å². The van der Waals surface area contributed by atoms with Crippen molar-refractivity contribution < 1.29 is 38.1 Å². The standard InChI is InChI=1S/C40H56FNO7/c1-22(2)23(3)36(5)15-16-38(7)27-13-14-31-37(6)20-47-21-40(31,28(27)17-32(44)39(38,8)33(36)35(45)46)18-30(49-24(4)43)34(37)48-19-29(42)25-9-11-26(41)12-10-25/h9-12,17,22-23,27,29-31,33-34H,13-16,18-21,42H2,1-8H3,(H,45,46)/t23-,27+,29?,30-,31+,33-,34+,36-,37?,38-,39+,40+/m1/s1. The Morgan fingerprint density at radius 1 is 1.06 bits per heavy atom. The summed E-state index contributed by atoms with van der Waals surface area (Å²) in [6.07, 6.45) is 4.31. The summed E-state index contributed by atoms with van der Waals surface area (Å²) in [6.45, 7) is 17.1. The van der Waals surface area contributed by atoms with Crippen LogP contribution in [0.25, 0.3) is 0 Å². The van der Waals surface area contributed by atoms with Crippen LogP contribution >= 0.6 is 0 Å². The van der Waals surface area contributed by atoms with Crippen LogP contribution in [0.2, 0.25) is 0 Å². The third-order valence-electron chi connectivity index (χ3n) is 15.0. The number of ether oxygens (including phenoxy) is 3. The number of halogens is 1. The Bertz CT molecular complexity index is 1530. The van der Waals surface area contributed by atoms with E-state index in [1.54, 1.807) is 12.1 Å². The van der Waals surface area contributed by atoms with Gasteiger partial charge in [0.25, 0.3) is 0 Å². The highest BCUT2D eigenvalue weighted by Crippen LogP contribution is 2.74. The number of esters is 1. The van der Waals surface area contributed by atoms with Gasteiger partial charge in [0.2, 0.25) is 0 Å². The molecule has 1 saturated heterocycles. The zero-order chi connectivity index (χ0) is 35.9. The van der Waals surface area contributed by atoms with Gasteiger partial charge in [0.05, 0.1) is 31.8 Å². The minimum absolute atomic E-state index is 0.0134. The van der Waals surface area contributed by atoms with Crippen molar-refractivity contribution in [3.05, 3.63) is 47.3 Å². The number of benzene rings is 1. The number of ketones is 1. The number of hydrogen-bond donors (Lipinski definition) is 2. The van der Waals surface area contributed by atoms with Gasteiger partial charge in [-0.25, -0.2) is 4.39 Å². The van der Waals surface area contributed by atoms with E-state index in [-0.39, 0.29) is 41.9 Å². The summed E-state index contributed by atoms with van der Waals surface area (Å²) in [4.78, 5) is 40.8.